The van der Waals surface area contributed by atoms with Gasteiger partial charge in [0.15, 0.2) is 5.78 Å². The van der Waals surface area contributed by atoms with E-state index in [9.17, 15) is 4.79 Å². The van der Waals surface area contributed by atoms with Crippen molar-refractivity contribution in [2.45, 2.75) is 72.0 Å². The predicted molar refractivity (Wildman–Crippen MR) is 105 cm³/mol. The number of carbonyl (C=O) groups excluding carboxylic acids is 1. The van der Waals surface area contributed by atoms with E-state index in [2.05, 4.69) is 39.6 Å². The normalized spacial score (nSPS) is 13.9. The molecule has 0 saturated carbocycles. The first-order valence-electron chi connectivity index (χ1n) is 9.21. The van der Waals surface area contributed by atoms with Gasteiger partial charge in [-0.05, 0) is 12.8 Å². The number of Topliss-reactive ketones (excluding diaryl/α,β-unsaturated/α-hetero) is 1. The number of unbranched alkanes of at least 4 members (excludes halogenated alkanes) is 3. The molecule has 0 bridgehead atoms. The first kappa shape index (κ1) is 19.9. The lowest BCUT2D eigenvalue weighted by Crippen LogP contribution is -2.33. The largest absolute Gasteiger partial charge is 0.294 e. The van der Waals surface area contributed by atoms with Gasteiger partial charge in [0.1, 0.15) is 0 Å². The average molecular weight is 331 g/mol. The lowest BCUT2D eigenvalue weighted by Gasteiger charge is -2.29. The summed E-state index contributed by atoms with van der Waals surface area (Å²) < 4.78 is 0. The summed E-state index contributed by atoms with van der Waals surface area (Å²) in [5, 5.41) is 1.47. The molecule has 1 aromatic rings. The zero-order valence-electron chi connectivity index (χ0n) is 15.7. The molecule has 0 aliphatic heterocycles. The van der Waals surface area contributed by atoms with Gasteiger partial charge in [0.05, 0.1) is 8.07 Å². The highest BCUT2D eigenvalue weighted by molar-refractivity contribution is 6.83. The Hall–Kier alpha value is -1.15. The highest BCUT2D eigenvalue weighted by Gasteiger charge is 2.31. The van der Waals surface area contributed by atoms with E-state index in [0.29, 0.717) is 5.78 Å². The summed E-state index contributed by atoms with van der Waals surface area (Å²) in [5.74, 6) is 0.407. The van der Waals surface area contributed by atoms with Crippen molar-refractivity contribution in [3.05, 3.63) is 47.2 Å². The van der Waals surface area contributed by atoms with Crippen LogP contribution in [0.1, 0.15) is 62.7 Å². The van der Waals surface area contributed by atoms with Crippen molar-refractivity contribution in [3.8, 4) is 0 Å². The molecule has 1 aromatic carbocycles. The quantitative estimate of drug-likeness (QED) is 0.266. The van der Waals surface area contributed by atoms with Crippen LogP contribution in [0.25, 0.3) is 0 Å². The summed E-state index contributed by atoms with van der Waals surface area (Å²) in [5.41, 5.74) is 0.869. The van der Waals surface area contributed by atoms with Crippen molar-refractivity contribution in [2.24, 2.45) is 5.92 Å². The van der Waals surface area contributed by atoms with Crippen LogP contribution in [0.15, 0.2) is 41.6 Å². The Morgan fingerprint density at radius 2 is 1.65 bits per heavy atom. The lowest BCUT2D eigenvalue weighted by molar-refractivity contribution is 0.0935. The van der Waals surface area contributed by atoms with E-state index in [-0.39, 0.29) is 5.92 Å². The Balaban J connectivity index is 3.14. The number of hydrogen-bond donors (Lipinski definition) is 0. The fourth-order valence-corrected chi connectivity index (χ4v) is 5.15. The van der Waals surface area contributed by atoms with Gasteiger partial charge in [-0.2, -0.15) is 0 Å². The molecule has 1 nitrogen and oxygen atoms in total. The zero-order chi connectivity index (χ0) is 17.3. The van der Waals surface area contributed by atoms with Gasteiger partial charge in [-0.25, -0.2) is 0 Å². The van der Waals surface area contributed by atoms with E-state index in [0.717, 1.165) is 31.2 Å². The summed E-state index contributed by atoms with van der Waals surface area (Å²) in [6, 6.07) is 9.86. The van der Waals surface area contributed by atoms with Crippen molar-refractivity contribution in [1.82, 2.24) is 0 Å². The van der Waals surface area contributed by atoms with E-state index < -0.39 is 8.07 Å². The van der Waals surface area contributed by atoms with Crippen LogP contribution in [-0.4, -0.2) is 13.9 Å². The number of ketones is 1. The molecule has 1 atom stereocenters. The second kappa shape index (κ2) is 9.87. The first-order chi connectivity index (χ1) is 10.9. The molecular formula is C21H34OSi. The van der Waals surface area contributed by atoms with Crippen LogP contribution in [0.2, 0.25) is 19.6 Å². The van der Waals surface area contributed by atoms with E-state index in [1.54, 1.807) is 0 Å². The highest BCUT2D eigenvalue weighted by Crippen LogP contribution is 2.31. The van der Waals surface area contributed by atoms with Crippen molar-refractivity contribution in [2.75, 3.05) is 0 Å². The zero-order valence-corrected chi connectivity index (χ0v) is 16.7. The van der Waals surface area contributed by atoms with Crippen LogP contribution in [0, 0.1) is 5.92 Å². The van der Waals surface area contributed by atoms with Crippen molar-refractivity contribution in [3.63, 3.8) is 0 Å². The van der Waals surface area contributed by atoms with Gasteiger partial charge < -0.3 is 0 Å². The molecule has 0 fully saturated rings. The summed E-state index contributed by atoms with van der Waals surface area (Å²) in [6.07, 6.45) is 9.21. The van der Waals surface area contributed by atoms with Crippen molar-refractivity contribution in [1.29, 1.82) is 0 Å². The fraction of sp³-hybridized carbons (Fsp3) is 0.571. The molecule has 23 heavy (non-hydrogen) atoms. The molecule has 0 amide bonds. The van der Waals surface area contributed by atoms with Gasteiger partial charge in [0, 0.05) is 11.5 Å². The summed E-state index contributed by atoms with van der Waals surface area (Å²) in [7, 11) is -1.51. The maximum absolute atomic E-state index is 13.2. The standard InChI is InChI=1S/C21H34OSi/c1-6-8-11-17-20(23(3,4)5)19(16-9-7-2)21(22)18-14-12-10-13-15-18/h10,12-15,17,19H,6-9,11,16H2,1-5H3/b20-17-. The fourth-order valence-electron chi connectivity index (χ4n) is 3.07. The van der Waals surface area contributed by atoms with Crippen LogP contribution in [0.4, 0.5) is 0 Å². The molecule has 0 aliphatic carbocycles. The van der Waals surface area contributed by atoms with Crippen LogP contribution in [-0.2, 0) is 0 Å². The molecule has 2 heteroatoms. The van der Waals surface area contributed by atoms with E-state index in [4.69, 9.17) is 0 Å². The van der Waals surface area contributed by atoms with Crippen LogP contribution in [0.3, 0.4) is 0 Å². The number of carbonyl (C=O) groups is 1. The SMILES string of the molecule is CCCC/C=C(/C(CCCC)C(=O)c1ccccc1)[Si](C)(C)C. The van der Waals surface area contributed by atoms with E-state index in [1.165, 1.54) is 18.0 Å². The Kier molecular flexibility index (Phi) is 8.53. The topological polar surface area (TPSA) is 17.1 Å². The number of benzene rings is 1. The maximum Gasteiger partial charge on any atom is 0.169 e. The average Bonchev–Trinajstić information content (AvgIpc) is 2.53. The molecule has 1 unspecified atom stereocenters. The predicted octanol–water partition coefficient (Wildman–Crippen LogP) is 6.67. The summed E-state index contributed by atoms with van der Waals surface area (Å²) in [4.78, 5) is 13.2. The number of rotatable bonds is 10. The van der Waals surface area contributed by atoms with Crippen molar-refractivity contribution >= 4 is 13.9 Å². The summed E-state index contributed by atoms with van der Waals surface area (Å²) >= 11 is 0. The lowest BCUT2D eigenvalue weighted by atomic mass is 9.91. The Morgan fingerprint density at radius 3 is 2.17 bits per heavy atom. The second-order valence-electron chi connectivity index (χ2n) is 7.48. The van der Waals surface area contributed by atoms with Crippen LogP contribution < -0.4 is 0 Å². The molecule has 0 spiro atoms. The molecule has 0 N–H and O–H groups in total. The third kappa shape index (κ3) is 6.46. The Bertz CT molecular complexity index is 496. The monoisotopic (exact) mass is 330 g/mol. The van der Waals surface area contributed by atoms with Gasteiger partial charge in [-0.3, -0.25) is 4.79 Å². The summed E-state index contributed by atoms with van der Waals surface area (Å²) in [6.45, 7) is 11.6. The molecular weight excluding hydrogens is 296 g/mol. The molecule has 1 rings (SSSR count). The van der Waals surface area contributed by atoms with Gasteiger partial charge in [0.25, 0.3) is 0 Å². The molecule has 0 aliphatic rings. The minimum atomic E-state index is -1.51. The van der Waals surface area contributed by atoms with Gasteiger partial charge in [-0.1, -0.05) is 101 Å². The van der Waals surface area contributed by atoms with E-state index >= 15 is 0 Å². The second-order valence-corrected chi connectivity index (χ2v) is 12.6. The smallest absolute Gasteiger partial charge is 0.169 e. The minimum absolute atomic E-state index is 0.0841. The van der Waals surface area contributed by atoms with Crippen molar-refractivity contribution < 1.29 is 4.79 Å². The third-order valence-electron chi connectivity index (χ3n) is 4.38. The van der Waals surface area contributed by atoms with E-state index in [1.807, 2.05) is 30.3 Å². The maximum atomic E-state index is 13.2. The Labute approximate surface area is 144 Å². The molecule has 0 saturated heterocycles. The molecule has 0 aromatic heterocycles. The molecule has 0 radical (unpaired) electrons. The van der Waals surface area contributed by atoms with Gasteiger partial charge >= 0.3 is 0 Å². The van der Waals surface area contributed by atoms with Gasteiger partial charge in [0.2, 0.25) is 0 Å². The minimum Gasteiger partial charge on any atom is -0.294 e. The van der Waals surface area contributed by atoms with Crippen LogP contribution >= 0.6 is 0 Å². The van der Waals surface area contributed by atoms with Crippen LogP contribution in [0.5, 0.6) is 0 Å². The number of allylic oxidation sites excluding steroid dienone is 2. The molecule has 0 heterocycles. The Morgan fingerprint density at radius 1 is 1.04 bits per heavy atom. The highest BCUT2D eigenvalue weighted by atomic mass is 28.3. The first-order valence-corrected chi connectivity index (χ1v) is 12.7. The van der Waals surface area contributed by atoms with Gasteiger partial charge in [-0.15, -0.1) is 0 Å². The molecule has 128 valence electrons. The number of hydrogen-bond acceptors (Lipinski definition) is 1. The third-order valence-corrected chi connectivity index (χ3v) is 6.67.